The summed E-state index contributed by atoms with van der Waals surface area (Å²) >= 11 is 0. The molecule has 0 aromatic carbocycles. The van der Waals surface area contributed by atoms with Crippen LogP contribution in [0.2, 0.25) is 0 Å². The molecule has 0 aromatic heterocycles. The second-order valence-corrected chi connectivity index (χ2v) is 16.1. The van der Waals surface area contributed by atoms with Crippen molar-refractivity contribution in [1.82, 2.24) is 5.32 Å². The van der Waals surface area contributed by atoms with Crippen LogP contribution < -0.4 is 5.32 Å². The minimum atomic E-state index is -5.13. The Hall–Kier alpha value is -2.24. The molecule has 8 unspecified atom stereocenters. The Labute approximate surface area is 349 Å². The van der Waals surface area contributed by atoms with Crippen LogP contribution in [0, 0.1) is 0 Å². The van der Waals surface area contributed by atoms with E-state index in [1.165, 1.54) is 57.4 Å². The van der Waals surface area contributed by atoms with Crippen LogP contribution in [-0.4, -0.2) is 107 Å². The Balaban J connectivity index is 2.70. The summed E-state index contributed by atoms with van der Waals surface area (Å²) in [6.45, 7) is 3.11. The molecular formula is C44H77NO12S. The molecule has 14 heteroatoms. The van der Waals surface area contributed by atoms with Gasteiger partial charge >= 0.3 is 10.4 Å². The molecule has 0 spiro atoms. The summed E-state index contributed by atoms with van der Waals surface area (Å²) in [5.41, 5.74) is 0. The van der Waals surface area contributed by atoms with Crippen LogP contribution in [0.5, 0.6) is 0 Å². The van der Waals surface area contributed by atoms with Gasteiger partial charge in [0, 0.05) is 0 Å². The zero-order valence-electron chi connectivity index (χ0n) is 35.2. The second-order valence-electron chi connectivity index (χ2n) is 15.1. The minimum absolute atomic E-state index is 0.213. The lowest BCUT2D eigenvalue weighted by Crippen LogP contribution is -2.61. The summed E-state index contributed by atoms with van der Waals surface area (Å²) in [5, 5.41) is 55.0. The van der Waals surface area contributed by atoms with Crippen LogP contribution >= 0.6 is 0 Å². The molecular weight excluding hydrogens is 767 g/mol. The lowest BCUT2D eigenvalue weighted by molar-refractivity contribution is -0.298. The van der Waals surface area contributed by atoms with E-state index in [0.717, 1.165) is 64.2 Å². The predicted octanol–water partition coefficient (Wildman–Crippen LogP) is 6.85. The topological polar surface area (TPSA) is 212 Å². The van der Waals surface area contributed by atoms with Gasteiger partial charge in [-0.2, -0.15) is 8.42 Å². The van der Waals surface area contributed by atoms with Crippen LogP contribution in [-0.2, 0) is 28.9 Å². The van der Waals surface area contributed by atoms with Gasteiger partial charge in [-0.1, -0.05) is 139 Å². The highest BCUT2D eigenvalue weighted by atomic mass is 32.3. The molecule has 1 aliphatic rings. The average Bonchev–Trinajstić information content (AvgIpc) is 3.19. The van der Waals surface area contributed by atoms with E-state index in [9.17, 15) is 38.7 Å². The number of hydrogen-bond donors (Lipinski definition) is 7. The molecule has 0 aromatic rings. The number of allylic oxidation sites excluding steroid dienone is 9. The number of aliphatic hydroxyl groups excluding tert-OH is 5. The lowest BCUT2D eigenvalue weighted by atomic mass is 9.99. The average molecular weight is 844 g/mol. The van der Waals surface area contributed by atoms with Crippen molar-refractivity contribution in [2.45, 2.75) is 198 Å². The maximum Gasteiger partial charge on any atom is 0.397 e. The number of ether oxygens (including phenoxy) is 2. The number of carbonyl (C=O) groups is 1. The minimum Gasteiger partial charge on any atom is -0.394 e. The quantitative estimate of drug-likeness (QED) is 0.0151. The fourth-order valence-electron chi connectivity index (χ4n) is 6.36. The highest BCUT2D eigenvalue weighted by Crippen LogP contribution is 2.26. The molecule has 0 radical (unpaired) electrons. The van der Waals surface area contributed by atoms with Crippen LogP contribution in [0.1, 0.15) is 149 Å². The molecule has 336 valence electrons. The molecule has 1 saturated heterocycles. The molecule has 8 atom stereocenters. The number of rotatable bonds is 35. The first-order valence-electron chi connectivity index (χ1n) is 21.8. The van der Waals surface area contributed by atoms with E-state index in [1.807, 2.05) is 0 Å². The highest BCUT2D eigenvalue weighted by molar-refractivity contribution is 7.80. The molecule has 58 heavy (non-hydrogen) atoms. The number of nitrogens with one attached hydrogen (secondary N) is 1. The van der Waals surface area contributed by atoms with Crippen LogP contribution in [0.4, 0.5) is 0 Å². The van der Waals surface area contributed by atoms with E-state index in [1.54, 1.807) is 6.08 Å². The number of hydrogen-bond acceptors (Lipinski definition) is 11. The van der Waals surface area contributed by atoms with E-state index in [2.05, 4.69) is 72.0 Å². The van der Waals surface area contributed by atoms with Gasteiger partial charge in [0.2, 0.25) is 5.91 Å². The summed E-state index contributed by atoms with van der Waals surface area (Å²) in [6.07, 6.45) is 30.2. The Morgan fingerprint density at radius 3 is 1.79 bits per heavy atom. The van der Waals surface area contributed by atoms with Crippen molar-refractivity contribution in [2.75, 3.05) is 13.2 Å². The van der Waals surface area contributed by atoms with Crippen LogP contribution in [0.15, 0.2) is 60.8 Å². The normalized spacial score (nSPS) is 22.2. The first-order chi connectivity index (χ1) is 27.9. The van der Waals surface area contributed by atoms with E-state index < -0.39 is 78.5 Å². The largest absolute Gasteiger partial charge is 0.397 e. The Morgan fingerprint density at radius 2 is 1.21 bits per heavy atom. The third-order valence-corrected chi connectivity index (χ3v) is 10.3. The summed E-state index contributed by atoms with van der Waals surface area (Å²) < 4.78 is 47.4. The summed E-state index contributed by atoms with van der Waals surface area (Å²) in [7, 11) is -5.13. The van der Waals surface area contributed by atoms with Gasteiger partial charge in [-0.25, -0.2) is 4.18 Å². The standard InChI is InChI=1S/C44H77NO12S/c1-3-5-7-9-11-13-15-17-19-21-22-24-26-28-30-32-37(47)36(35-55-44-41(50)42(57-58(52,53)54)40(49)39(34-46)56-44)45-43(51)38(48)33-31-29-27-25-23-20-18-16-14-12-10-8-6-4-2/h12,14-18,22,24,30,32,36-42,44,46-50H,3-11,13,19-21,23,25-29,31,33-35H2,1-2H3,(H,45,51)(H,52,53,54)/b14-12-,17-15+,18-16-,24-22+,32-30+. The first-order valence-corrected chi connectivity index (χ1v) is 23.2. The Morgan fingerprint density at radius 1 is 0.707 bits per heavy atom. The molecule has 7 N–H and O–H groups in total. The molecule has 0 bridgehead atoms. The van der Waals surface area contributed by atoms with E-state index in [0.29, 0.717) is 12.8 Å². The lowest BCUT2D eigenvalue weighted by Gasteiger charge is -2.41. The van der Waals surface area contributed by atoms with Crippen molar-refractivity contribution in [3.05, 3.63) is 60.8 Å². The molecule has 0 aliphatic carbocycles. The molecule has 1 heterocycles. The van der Waals surface area contributed by atoms with Crippen LogP contribution in [0.25, 0.3) is 0 Å². The molecule has 1 amide bonds. The van der Waals surface area contributed by atoms with E-state index in [-0.39, 0.29) is 6.42 Å². The Kier molecular flexibility index (Phi) is 32.0. The fourth-order valence-corrected chi connectivity index (χ4v) is 6.87. The van der Waals surface area contributed by atoms with Gasteiger partial charge < -0.3 is 40.3 Å². The van der Waals surface area contributed by atoms with Crippen molar-refractivity contribution in [3.63, 3.8) is 0 Å². The molecule has 13 nitrogen and oxygen atoms in total. The summed E-state index contributed by atoms with van der Waals surface area (Å²) in [5.74, 6) is -0.733. The third-order valence-electron chi connectivity index (χ3n) is 9.88. The van der Waals surface area contributed by atoms with Gasteiger partial charge in [0.1, 0.15) is 30.5 Å². The fraction of sp³-hybridized carbons (Fsp3) is 0.750. The number of unbranched alkanes of at least 4 members (excludes halogenated alkanes) is 15. The zero-order valence-corrected chi connectivity index (χ0v) is 36.0. The van der Waals surface area contributed by atoms with Gasteiger partial charge in [-0.3, -0.25) is 9.35 Å². The van der Waals surface area contributed by atoms with E-state index in [4.69, 9.17) is 14.0 Å². The van der Waals surface area contributed by atoms with Crippen molar-refractivity contribution in [1.29, 1.82) is 0 Å². The van der Waals surface area contributed by atoms with Gasteiger partial charge in [-0.05, 0) is 70.6 Å². The third kappa shape index (κ3) is 26.8. The summed E-state index contributed by atoms with van der Waals surface area (Å²) in [6, 6.07) is -1.15. The predicted molar refractivity (Wildman–Crippen MR) is 228 cm³/mol. The molecule has 1 aliphatic heterocycles. The van der Waals surface area contributed by atoms with E-state index >= 15 is 0 Å². The van der Waals surface area contributed by atoms with Gasteiger partial charge in [-0.15, -0.1) is 0 Å². The van der Waals surface area contributed by atoms with Crippen molar-refractivity contribution < 1.29 is 57.0 Å². The second kappa shape index (κ2) is 34.5. The van der Waals surface area contributed by atoms with Gasteiger partial charge in [0.05, 0.1) is 25.4 Å². The van der Waals surface area contributed by atoms with Crippen LogP contribution in [0.3, 0.4) is 0 Å². The maximum atomic E-state index is 13.1. The van der Waals surface area contributed by atoms with Gasteiger partial charge in [0.25, 0.3) is 0 Å². The molecule has 1 rings (SSSR count). The van der Waals surface area contributed by atoms with Crippen molar-refractivity contribution >= 4 is 16.3 Å². The number of aliphatic hydroxyl groups is 5. The SMILES string of the molecule is CCCCC/C=C\C=C/CCCCCCCC(O)C(=O)NC(COC1OC(CO)C(O)C(OS(=O)(=O)O)C1O)C(O)/C=C/CC/C=C/CC/C=C/CCCCCCC. The maximum absolute atomic E-state index is 13.1. The summed E-state index contributed by atoms with van der Waals surface area (Å²) in [4.78, 5) is 13.1. The number of carbonyl (C=O) groups excluding carboxylic acids is 1. The smallest absolute Gasteiger partial charge is 0.394 e. The molecule has 0 saturated carbocycles. The monoisotopic (exact) mass is 844 g/mol. The van der Waals surface area contributed by atoms with Crippen molar-refractivity contribution in [3.8, 4) is 0 Å². The zero-order chi connectivity index (χ0) is 42.9. The van der Waals surface area contributed by atoms with Gasteiger partial charge in [0.15, 0.2) is 6.29 Å². The Bertz CT molecular complexity index is 1290. The number of amides is 1. The molecule has 1 fully saturated rings. The highest BCUT2D eigenvalue weighted by Gasteiger charge is 2.48. The first kappa shape index (κ1) is 53.8. The van der Waals surface area contributed by atoms with Crippen molar-refractivity contribution in [2.24, 2.45) is 0 Å².